The molecule has 0 radical (unpaired) electrons. The molecule has 1 aliphatic carbocycles. The van der Waals surface area contributed by atoms with Gasteiger partial charge in [-0.15, -0.1) is 0 Å². The molecule has 6 unspecified atom stereocenters. The van der Waals surface area contributed by atoms with Crippen molar-refractivity contribution in [3.05, 3.63) is 0 Å². The predicted octanol–water partition coefficient (Wildman–Crippen LogP) is 2.57. The first-order valence-electron chi connectivity index (χ1n) is 11.8. The quantitative estimate of drug-likeness (QED) is 0.710. The van der Waals surface area contributed by atoms with Gasteiger partial charge < -0.3 is 15.4 Å². The van der Waals surface area contributed by atoms with Gasteiger partial charge in [-0.3, -0.25) is 14.5 Å². The van der Waals surface area contributed by atoms with E-state index in [1.807, 2.05) is 6.92 Å². The molecule has 3 rings (SSSR count). The van der Waals surface area contributed by atoms with Crippen molar-refractivity contribution < 1.29 is 14.3 Å². The summed E-state index contributed by atoms with van der Waals surface area (Å²) in [7, 11) is 0. The van der Waals surface area contributed by atoms with Gasteiger partial charge in [0.25, 0.3) is 0 Å². The maximum absolute atomic E-state index is 13.1. The van der Waals surface area contributed by atoms with E-state index in [1.54, 1.807) is 0 Å². The molecule has 3 aliphatic rings. The standard InChI is InChI=1S/C23H41N3O3/c1-5-26(18-9-11-29-12-10-18)21-8-6-7-19(17(21)4)22(27)24-14-20-15(2)13-16(3)25-23(20)28/h15-21H,5-14H2,1-4H3,(H,24,27)(H,25,28). The summed E-state index contributed by atoms with van der Waals surface area (Å²) in [6.07, 6.45) is 6.41. The van der Waals surface area contributed by atoms with Crippen LogP contribution in [0.15, 0.2) is 0 Å². The van der Waals surface area contributed by atoms with E-state index in [0.29, 0.717) is 30.5 Å². The molecule has 0 aromatic rings. The number of carbonyl (C=O) groups excluding carboxylic acids is 2. The van der Waals surface area contributed by atoms with Gasteiger partial charge in [-0.25, -0.2) is 0 Å². The minimum absolute atomic E-state index is 0.0449. The van der Waals surface area contributed by atoms with E-state index in [0.717, 1.165) is 51.9 Å². The highest BCUT2D eigenvalue weighted by atomic mass is 16.5. The lowest BCUT2D eigenvalue weighted by molar-refractivity contribution is -0.132. The average molecular weight is 408 g/mol. The van der Waals surface area contributed by atoms with Gasteiger partial charge in [0.1, 0.15) is 0 Å². The number of carbonyl (C=O) groups is 2. The Labute approximate surface area is 176 Å². The fraction of sp³-hybridized carbons (Fsp3) is 0.913. The number of nitrogens with one attached hydrogen (secondary N) is 2. The van der Waals surface area contributed by atoms with Gasteiger partial charge >= 0.3 is 0 Å². The van der Waals surface area contributed by atoms with E-state index in [1.165, 1.54) is 6.42 Å². The van der Waals surface area contributed by atoms with Crippen molar-refractivity contribution in [2.75, 3.05) is 26.3 Å². The fourth-order valence-electron chi connectivity index (χ4n) is 5.98. The van der Waals surface area contributed by atoms with E-state index >= 15 is 0 Å². The lowest BCUT2D eigenvalue weighted by atomic mass is 9.75. The SMILES string of the molecule is CCN(C1CCOCC1)C1CCCC(C(=O)NCC2C(=O)NC(C)CC2C)C1C. The number of piperidine rings is 1. The minimum atomic E-state index is -0.112. The van der Waals surface area contributed by atoms with Gasteiger partial charge in [0.15, 0.2) is 0 Å². The molecule has 2 heterocycles. The van der Waals surface area contributed by atoms with Crippen molar-refractivity contribution in [1.82, 2.24) is 15.5 Å². The molecular formula is C23H41N3O3. The third-order valence-corrected chi connectivity index (χ3v) is 7.68. The molecular weight excluding hydrogens is 366 g/mol. The molecule has 6 atom stereocenters. The van der Waals surface area contributed by atoms with Gasteiger partial charge in [0, 0.05) is 43.8 Å². The summed E-state index contributed by atoms with van der Waals surface area (Å²) < 4.78 is 5.56. The summed E-state index contributed by atoms with van der Waals surface area (Å²) in [6.45, 7) is 11.9. The van der Waals surface area contributed by atoms with Crippen LogP contribution < -0.4 is 10.6 Å². The second-order valence-corrected chi connectivity index (χ2v) is 9.61. The van der Waals surface area contributed by atoms with Crippen molar-refractivity contribution in [2.24, 2.45) is 23.7 Å². The third kappa shape index (κ3) is 5.32. The molecule has 6 heteroatoms. The molecule has 0 bridgehead atoms. The van der Waals surface area contributed by atoms with Gasteiger partial charge in [0.05, 0.1) is 5.92 Å². The number of amides is 2. The van der Waals surface area contributed by atoms with Crippen LogP contribution in [0.1, 0.15) is 66.2 Å². The second kappa shape index (κ2) is 10.3. The largest absolute Gasteiger partial charge is 0.381 e. The molecule has 0 aromatic carbocycles. The van der Waals surface area contributed by atoms with Crippen LogP contribution in [0, 0.1) is 23.7 Å². The third-order valence-electron chi connectivity index (χ3n) is 7.68. The smallest absolute Gasteiger partial charge is 0.225 e. The van der Waals surface area contributed by atoms with Crippen molar-refractivity contribution in [3.8, 4) is 0 Å². The maximum Gasteiger partial charge on any atom is 0.225 e. The first kappa shape index (κ1) is 22.5. The van der Waals surface area contributed by atoms with Crippen LogP contribution in [-0.4, -0.2) is 61.1 Å². The van der Waals surface area contributed by atoms with Gasteiger partial charge in [-0.1, -0.05) is 27.2 Å². The average Bonchev–Trinajstić information content (AvgIpc) is 2.69. The van der Waals surface area contributed by atoms with Crippen molar-refractivity contribution >= 4 is 11.8 Å². The van der Waals surface area contributed by atoms with Gasteiger partial charge in [-0.05, 0) is 57.4 Å². The zero-order valence-electron chi connectivity index (χ0n) is 18.8. The van der Waals surface area contributed by atoms with Crippen LogP contribution in [0.5, 0.6) is 0 Å². The summed E-state index contributed by atoms with van der Waals surface area (Å²) in [5.74, 6) is 0.804. The Kier molecular flexibility index (Phi) is 7.97. The first-order valence-corrected chi connectivity index (χ1v) is 11.8. The predicted molar refractivity (Wildman–Crippen MR) is 114 cm³/mol. The summed E-state index contributed by atoms with van der Waals surface area (Å²) in [5, 5.41) is 6.18. The Morgan fingerprint density at radius 3 is 2.55 bits per heavy atom. The number of rotatable bonds is 6. The van der Waals surface area contributed by atoms with Crippen LogP contribution in [0.2, 0.25) is 0 Å². The first-order chi connectivity index (χ1) is 13.9. The van der Waals surface area contributed by atoms with Crippen LogP contribution in [0.3, 0.4) is 0 Å². The Morgan fingerprint density at radius 2 is 1.90 bits per heavy atom. The molecule has 2 saturated heterocycles. The molecule has 1 saturated carbocycles. The number of nitrogens with zero attached hydrogens (tertiary/aromatic N) is 1. The van der Waals surface area contributed by atoms with Crippen LogP contribution in [0.25, 0.3) is 0 Å². The lowest BCUT2D eigenvalue weighted by Crippen LogP contribution is -2.54. The zero-order valence-corrected chi connectivity index (χ0v) is 18.8. The number of hydrogen-bond donors (Lipinski definition) is 2. The van der Waals surface area contributed by atoms with Gasteiger partial charge in [-0.2, -0.15) is 0 Å². The van der Waals surface area contributed by atoms with Crippen LogP contribution >= 0.6 is 0 Å². The summed E-state index contributed by atoms with van der Waals surface area (Å²) in [4.78, 5) is 28.1. The molecule has 2 aliphatic heterocycles. The Hall–Kier alpha value is -1.14. The van der Waals surface area contributed by atoms with E-state index < -0.39 is 0 Å². The molecule has 166 valence electrons. The number of hydrogen-bond acceptors (Lipinski definition) is 4. The molecule has 29 heavy (non-hydrogen) atoms. The zero-order chi connectivity index (χ0) is 21.0. The normalized spacial score (nSPS) is 36.7. The van der Waals surface area contributed by atoms with Crippen molar-refractivity contribution in [3.63, 3.8) is 0 Å². The van der Waals surface area contributed by atoms with E-state index in [4.69, 9.17) is 4.74 Å². The van der Waals surface area contributed by atoms with E-state index in [2.05, 4.69) is 36.3 Å². The van der Waals surface area contributed by atoms with Crippen LogP contribution in [0.4, 0.5) is 0 Å². The van der Waals surface area contributed by atoms with E-state index in [-0.39, 0.29) is 29.7 Å². The van der Waals surface area contributed by atoms with Crippen molar-refractivity contribution in [2.45, 2.75) is 84.3 Å². The summed E-state index contributed by atoms with van der Waals surface area (Å²) >= 11 is 0. The Morgan fingerprint density at radius 1 is 1.17 bits per heavy atom. The molecule has 6 nitrogen and oxygen atoms in total. The van der Waals surface area contributed by atoms with Crippen LogP contribution in [-0.2, 0) is 14.3 Å². The lowest BCUT2D eigenvalue weighted by Gasteiger charge is -2.46. The monoisotopic (exact) mass is 407 g/mol. The summed E-state index contributed by atoms with van der Waals surface area (Å²) in [5.41, 5.74) is 0. The Bertz CT molecular complexity index is 564. The minimum Gasteiger partial charge on any atom is -0.381 e. The molecule has 0 aromatic heterocycles. The highest BCUT2D eigenvalue weighted by molar-refractivity contribution is 5.82. The van der Waals surface area contributed by atoms with E-state index in [9.17, 15) is 9.59 Å². The topological polar surface area (TPSA) is 70.7 Å². The highest BCUT2D eigenvalue weighted by Gasteiger charge is 2.40. The van der Waals surface area contributed by atoms with Crippen molar-refractivity contribution in [1.29, 1.82) is 0 Å². The number of ether oxygens (including phenoxy) is 1. The molecule has 3 fully saturated rings. The molecule has 2 N–H and O–H groups in total. The highest BCUT2D eigenvalue weighted by Crippen LogP contribution is 2.35. The molecule has 0 spiro atoms. The Balaban J connectivity index is 1.58. The maximum atomic E-state index is 13.1. The molecule has 2 amide bonds. The fourth-order valence-corrected chi connectivity index (χ4v) is 5.98. The second-order valence-electron chi connectivity index (χ2n) is 9.61. The van der Waals surface area contributed by atoms with Gasteiger partial charge in [0.2, 0.25) is 11.8 Å². The summed E-state index contributed by atoms with van der Waals surface area (Å²) in [6, 6.07) is 1.27.